The molecule has 0 amide bonds. The summed E-state index contributed by atoms with van der Waals surface area (Å²) in [6.45, 7) is 7.00. The first-order valence-electron chi connectivity index (χ1n) is 7.34. The molecule has 0 bridgehead atoms. The minimum Gasteiger partial charge on any atom is -0.409 e. The Hall–Kier alpha value is -1.26. The smallest absolute Gasteiger partial charge is 0.144 e. The van der Waals surface area contributed by atoms with Crippen LogP contribution < -0.4 is 11.1 Å². The molecule has 0 saturated carbocycles. The third kappa shape index (κ3) is 5.56. The first-order chi connectivity index (χ1) is 9.88. The highest BCUT2D eigenvalue weighted by Crippen LogP contribution is 2.24. The predicted molar refractivity (Wildman–Crippen MR) is 88.9 cm³/mol. The summed E-state index contributed by atoms with van der Waals surface area (Å²) in [4.78, 5) is 0. The number of benzene rings is 1. The summed E-state index contributed by atoms with van der Waals surface area (Å²) in [7, 11) is 0. The third-order valence-corrected chi connectivity index (χ3v) is 4.20. The lowest BCUT2D eigenvalue weighted by atomic mass is 9.86. The van der Waals surface area contributed by atoms with Gasteiger partial charge in [0, 0.05) is 16.5 Å². The second-order valence-electron chi connectivity index (χ2n) is 6.02. The number of hydrogen-bond acceptors (Lipinski definition) is 3. The normalized spacial score (nSPS) is 14.2. The fourth-order valence-corrected chi connectivity index (χ4v) is 2.51. The van der Waals surface area contributed by atoms with Gasteiger partial charge in [-0.25, -0.2) is 0 Å². The molecule has 0 aliphatic heterocycles. The van der Waals surface area contributed by atoms with E-state index in [1.54, 1.807) is 0 Å². The molecule has 4 nitrogen and oxygen atoms in total. The largest absolute Gasteiger partial charge is 0.409 e. The highest BCUT2D eigenvalue weighted by molar-refractivity contribution is 6.31. The van der Waals surface area contributed by atoms with Crippen LogP contribution in [0.2, 0.25) is 5.02 Å². The van der Waals surface area contributed by atoms with Gasteiger partial charge in [-0.3, -0.25) is 0 Å². The lowest BCUT2D eigenvalue weighted by Crippen LogP contribution is -2.32. The molecular formula is C16H26ClN3O. The Morgan fingerprint density at radius 1 is 1.38 bits per heavy atom. The first kappa shape index (κ1) is 17.8. The molecule has 0 aromatic heterocycles. The minimum atomic E-state index is -0.261. The van der Waals surface area contributed by atoms with Crippen LogP contribution in [0.25, 0.3) is 0 Å². The van der Waals surface area contributed by atoms with E-state index in [9.17, 15) is 0 Å². The van der Waals surface area contributed by atoms with Crippen LogP contribution in [0.5, 0.6) is 0 Å². The van der Waals surface area contributed by atoms with Gasteiger partial charge in [0.25, 0.3) is 0 Å². The Morgan fingerprint density at radius 2 is 2.05 bits per heavy atom. The molecule has 1 atom stereocenters. The van der Waals surface area contributed by atoms with Gasteiger partial charge in [-0.15, -0.1) is 0 Å². The van der Waals surface area contributed by atoms with Gasteiger partial charge in [0.2, 0.25) is 0 Å². The number of rotatable bonds is 8. The molecule has 0 aliphatic rings. The Balaban J connectivity index is 2.31. The van der Waals surface area contributed by atoms with E-state index in [2.05, 4.69) is 17.4 Å². The van der Waals surface area contributed by atoms with Crippen LogP contribution in [0.3, 0.4) is 0 Å². The molecule has 5 heteroatoms. The van der Waals surface area contributed by atoms with Crippen molar-refractivity contribution in [3.8, 4) is 0 Å². The standard InChI is InChI=1S/C16H26ClN3O/c1-12(13-8-4-5-9-14(13)17)19-11-7-6-10-16(2,3)15(18)20-21/h4-5,8-9,12,19,21H,6-7,10-11H2,1-3H3,(H2,18,20)/t12-/m1/s1. The number of nitrogens with one attached hydrogen (secondary N) is 1. The van der Waals surface area contributed by atoms with E-state index in [-0.39, 0.29) is 11.5 Å². The van der Waals surface area contributed by atoms with E-state index in [0.29, 0.717) is 5.84 Å². The van der Waals surface area contributed by atoms with E-state index < -0.39 is 0 Å². The highest BCUT2D eigenvalue weighted by atomic mass is 35.5. The number of hydrogen-bond donors (Lipinski definition) is 3. The maximum atomic E-state index is 8.74. The zero-order valence-electron chi connectivity index (χ0n) is 13.1. The number of nitrogens with two attached hydrogens (primary N) is 1. The van der Waals surface area contributed by atoms with Crippen LogP contribution in [0, 0.1) is 5.41 Å². The fourth-order valence-electron chi connectivity index (χ4n) is 2.21. The van der Waals surface area contributed by atoms with Crippen molar-refractivity contribution < 1.29 is 5.21 Å². The SMILES string of the molecule is C[C@@H](NCCCCC(C)(C)/C(N)=N/O)c1ccccc1Cl. The van der Waals surface area contributed by atoms with Crippen molar-refractivity contribution in [2.24, 2.45) is 16.3 Å². The molecule has 0 fully saturated rings. The number of nitrogens with zero attached hydrogens (tertiary/aromatic N) is 1. The van der Waals surface area contributed by atoms with E-state index in [1.807, 2.05) is 38.1 Å². The highest BCUT2D eigenvalue weighted by Gasteiger charge is 2.22. The first-order valence-corrected chi connectivity index (χ1v) is 7.72. The molecule has 1 aromatic carbocycles. The average molecular weight is 312 g/mol. The van der Waals surface area contributed by atoms with Crippen LogP contribution in [0.15, 0.2) is 29.4 Å². The topological polar surface area (TPSA) is 70.6 Å². The molecule has 1 aromatic rings. The van der Waals surface area contributed by atoms with Crippen molar-refractivity contribution in [3.05, 3.63) is 34.9 Å². The maximum Gasteiger partial charge on any atom is 0.144 e. The summed E-state index contributed by atoms with van der Waals surface area (Å²) >= 11 is 6.18. The summed E-state index contributed by atoms with van der Waals surface area (Å²) in [6, 6.07) is 8.12. The maximum absolute atomic E-state index is 8.74. The van der Waals surface area contributed by atoms with Crippen LogP contribution >= 0.6 is 11.6 Å². The lowest BCUT2D eigenvalue weighted by Gasteiger charge is -2.23. The molecule has 0 unspecified atom stereocenters. The van der Waals surface area contributed by atoms with Gasteiger partial charge in [-0.1, -0.05) is 55.2 Å². The molecule has 4 N–H and O–H groups in total. The Morgan fingerprint density at radius 3 is 2.67 bits per heavy atom. The van der Waals surface area contributed by atoms with Crippen LogP contribution in [-0.2, 0) is 0 Å². The second kappa shape index (κ2) is 8.25. The number of oxime groups is 1. The van der Waals surface area contributed by atoms with Crippen LogP contribution in [0.4, 0.5) is 0 Å². The van der Waals surface area contributed by atoms with Crippen molar-refractivity contribution in [1.29, 1.82) is 0 Å². The number of halogens is 1. The Labute approximate surface area is 132 Å². The molecule has 0 aliphatic carbocycles. The summed E-state index contributed by atoms with van der Waals surface area (Å²) in [6.07, 6.45) is 2.95. The zero-order valence-corrected chi connectivity index (χ0v) is 13.8. The Bertz CT molecular complexity index is 474. The van der Waals surface area contributed by atoms with Gasteiger partial charge >= 0.3 is 0 Å². The average Bonchev–Trinajstić information content (AvgIpc) is 2.46. The van der Waals surface area contributed by atoms with Crippen molar-refractivity contribution >= 4 is 17.4 Å². The molecule has 0 saturated heterocycles. The van der Waals surface area contributed by atoms with Gasteiger partial charge in [0.15, 0.2) is 0 Å². The molecule has 0 radical (unpaired) electrons. The van der Waals surface area contributed by atoms with Crippen LogP contribution in [0.1, 0.15) is 51.6 Å². The zero-order chi connectivity index (χ0) is 15.9. The monoisotopic (exact) mass is 311 g/mol. The molecular weight excluding hydrogens is 286 g/mol. The quantitative estimate of drug-likeness (QED) is 0.224. The van der Waals surface area contributed by atoms with Crippen molar-refractivity contribution in [2.75, 3.05) is 6.54 Å². The molecule has 21 heavy (non-hydrogen) atoms. The predicted octanol–water partition coefficient (Wildman–Crippen LogP) is 3.93. The molecule has 118 valence electrons. The van der Waals surface area contributed by atoms with Crippen molar-refractivity contribution in [1.82, 2.24) is 5.32 Å². The van der Waals surface area contributed by atoms with Gasteiger partial charge in [-0.2, -0.15) is 0 Å². The summed E-state index contributed by atoms with van der Waals surface area (Å²) < 4.78 is 0. The van der Waals surface area contributed by atoms with Crippen molar-refractivity contribution in [3.63, 3.8) is 0 Å². The summed E-state index contributed by atoms with van der Waals surface area (Å²) in [5, 5.41) is 16.1. The summed E-state index contributed by atoms with van der Waals surface area (Å²) in [5.41, 5.74) is 6.54. The second-order valence-corrected chi connectivity index (χ2v) is 6.43. The van der Waals surface area contributed by atoms with Gasteiger partial charge in [0.05, 0.1) is 0 Å². The fraction of sp³-hybridized carbons (Fsp3) is 0.562. The van der Waals surface area contributed by atoms with E-state index in [0.717, 1.165) is 36.4 Å². The molecule has 1 rings (SSSR count). The van der Waals surface area contributed by atoms with E-state index >= 15 is 0 Å². The van der Waals surface area contributed by atoms with Gasteiger partial charge in [0.1, 0.15) is 5.84 Å². The number of amidine groups is 1. The molecule has 0 heterocycles. The van der Waals surface area contributed by atoms with Gasteiger partial charge in [-0.05, 0) is 37.9 Å². The van der Waals surface area contributed by atoms with Crippen molar-refractivity contribution in [2.45, 2.75) is 46.1 Å². The minimum absolute atomic E-state index is 0.232. The van der Waals surface area contributed by atoms with E-state index in [4.69, 9.17) is 22.5 Å². The lowest BCUT2D eigenvalue weighted by molar-refractivity contribution is 0.304. The van der Waals surface area contributed by atoms with Gasteiger partial charge < -0.3 is 16.3 Å². The third-order valence-electron chi connectivity index (χ3n) is 3.85. The molecule has 0 spiro atoms. The number of unbranched alkanes of at least 4 members (excludes halogenated alkanes) is 1. The summed E-state index contributed by atoms with van der Waals surface area (Å²) in [5.74, 6) is 0.292. The van der Waals surface area contributed by atoms with Crippen LogP contribution in [-0.4, -0.2) is 17.6 Å². The van der Waals surface area contributed by atoms with E-state index in [1.165, 1.54) is 0 Å². The Kier molecular flexibility index (Phi) is 6.99.